The zero-order chi connectivity index (χ0) is 13.9. The van der Waals surface area contributed by atoms with Crippen molar-refractivity contribution in [3.05, 3.63) is 12.4 Å². The number of hydrogen-bond donors (Lipinski definition) is 2. The van der Waals surface area contributed by atoms with Crippen LogP contribution in [0.15, 0.2) is 12.4 Å². The summed E-state index contributed by atoms with van der Waals surface area (Å²) < 4.78 is 0. The van der Waals surface area contributed by atoms with Gasteiger partial charge < -0.3 is 15.3 Å². The van der Waals surface area contributed by atoms with Crippen LogP contribution >= 0.6 is 0 Å². The van der Waals surface area contributed by atoms with Gasteiger partial charge in [0.15, 0.2) is 0 Å². The minimum atomic E-state index is -0.712. The quantitative estimate of drug-likeness (QED) is 0.850. The maximum Gasteiger partial charge on any atom is 0.308 e. The van der Waals surface area contributed by atoms with E-state index in [1.165, 1.54) is 12.8 Å². The average molecular weight is 276 g/mol. The second kappa shape index (κ2) is 5.64. The van der Waals surface area contributed by atoms with Gasteiger partial charge in [0.1, 0.15) is 18.0 Å². The van der Waals surface area contributed by atoms with Crippen molar-refractivity contribution in [2.45, 2.75) is 25.7 Å². The number of piperidine rings is 1. The van der Waals surface area contributed by atoms with Gasteiger partial charge in [-0.25, -0.2) is 9.97 Å². The number of nitrogens with zero attached hydrogens (tertiary/aromatic N) is 3. The van der Waals surface area contributed by atoms with E-state index in [2.05, 4.69) is 15.3 Å². The summed E-state index contributed by atoms with van der Waals surface area (Å²) in [5.41, 5.74) is 0. The Morgan fingerprint density at radius 3 is 3.00 bits per heavy atom. The van der Waals surface area contributed by atoms with Crippen LogP contribution in [0.2, 0.25) is 0 Å². The van der Waals surface area contributed by atoms with Gasteiger partial charge in [0, 0.05) is 25.7 Å². The number of anilines is 2. The zero-order valence-corrected chi connectivity index (χ0v) is 11.5. The zero-order valence-electron chi connectivity index (χ0n) is 11.5. The molecule has 0 radical (unpaired) electrons. The van der Waals surface area contributed by atoms with Crippen LogP contribution in [0.5, 0.6) is 0 Å². The Hall–Kier alpha value is -1.85. The molecule has 1 unspecified atom stereocenters. The molecule has 0 spiro atoms. The topological polar surface area (TPSA) is 78.4 Å². The number of hydrogen-bond acceptors (Lipinski definition) is 5. The minimum absolute atomic E-state index is 0.290. The fourth-order valence-electron chi connectivity index (χ4n) is 2.57. The third kappa shape index (κ3) is 3.18. The van der Waals surface area contributed by atoms with E-state index in [4.69, 9.17) is 5.11 Å². The molecule has 3 rings (SSSR count). The average Bonchev–Trinajstić information content (AvgIpc) is 3.30. The molecule has 108 valence electrons. The van der Waals surface area contributed by atoms with Gasteiger partial charge in [-0.05, 0) is 31.6 Å². The Labute approximate surface area is 118 Å². The number of carboxylic acid groups (broad SMARTS) is 1. The minimum Gasteiger partial charge on any atom is -0.481 e. The highest BCUT2D eigenvalue weighted by Gasteiger charge is 2.26. The highest BCUT2D eigenvalue weighted by atomic mass is 16.4. The lowest BCUT2D eigenvalue weighted by Crippen LogP contribution is -2.39. The Bertz CT molecular complexity index is 490. The van der Waals surface area contributed by atoms with Crippen molar-refractivity contribution >= 4 is 17.6 Å². The molecule has 2 aliphatic rings. The van der Waals surface area contributed by atoms with Crippen LogP contribution in [0, 0.1) is 11.8 Å². The molecule has 6 heteroatoms. The van der Waals surface area contributed by atoms with Crippen molar-refractivity contribution < 1.29 is 9.90 Å². The van der Waals surface area contributed by atoms with Crippen LogP contribution in [0.3, 0.4) is 0 Å². The van der Waals surface area contributed by atoms with E-state index in [-0.39, 0.29) is 5.92 Å². The molecule has 20 heavy (non-hydrogen) atoms. The normalized spacial score (nSPS) is 22.6. The highest BCUT2D eigenvalue weighted by molar-refractivity contribution is 5.71. The molecule has 1 aromatic heterocycles. The van der Waals surface area contributed by atoms with Crippen molar-refractivity contribution in [2.24, 2.45) is 11.8 Å². The lowest BCUT2D eigenvalue weighted by atomic mass is 9.98. The number of aromatic nitrogens is 2. The van der Waals surface area contributed by atoms with Gasteiger partial charge in [-0.2, -0.15) is 0 Å². The van der Waals surface area contributed by atoms with Crippen molar-refractivity contribution in [2.75, 3.05) is 29.9 Å². The third-order valence-electron chi connectivity index (χ3n) is 4.02. The Balaban J connectivity index is 1.65. The summed E-state index contributed by atoms with van der Waals surface area (Å²) in [6.45, 7) is 2.37. The molecule has 0 amide bonds. The maximum absolute atomic E-state index is 11.1. The van der Waals surface area contributed by atoms with Gasteiger partial charge in [-0.3, -0.25) is 4.79 Å². The van der Waals surface area contributed by atoms with E-state index in [0.717, 1.165) is 43.5 Å². The van der Waals surface area contributed by atoms with E-state index >= 15 is 0 Å². The van der Waals surface area contributed by atoms with Crippen LogP contribution < -0.4 is 10.2 Å². The number of aliphatic carboxylic acids is 1. The molecule has 1 atom stereocenters. The van der Waals surface area contributed by atoms with Gasteiger partial charge in [0.05, 0.1) is 5.92 Å². The Morgan fingerprint density at radius 1 is 1.40 bits per heavy atom. The second-order valence-electron chi connectivity index (χ2n) is 5.71. The molecule has 1 aliphatic carbocycles. The molecule has 0 aromatic carbocycles. The van der Waals surface area contributed by atoms with Gasteiger partial charge >= 0.3 is 5.97 Å². The Morgan fingerprint density at radius 2 is 2.25 bits per heavy atom. The summed E-state index contributed by atoms with van der Waals surface area (Å²) in [6, 6.07) is 1.92. The monoisotopic (exact) mass is 276 g/mol. The van der Waals surface area contributed by atoms with E-state index in [1.807, 2.05) is 11.0 Å². The molecular formula is C14H20N4O2. The fraction of sp³-hybridized carbons (Fsp3) is 0.643. The summed E-state index contributed by atoms with van der Waals surface area (Å²) in [5, 5.41) is 12.5. The smallest absolute Gasteiger partial charge is 0.308 e. The molecule has 2 N–H and O–H groups in total. The first-order valence-electron chi connectivity index (χ1n) is 7.26. The predicted molar refractivity (Wildman–Crippen MR) is 75.8 cm³/mol. The van der Waals surface area contributed by atoms with Crippen LogP contribution in [0.1, 0.15) is 25.7 Å². The van der Waals surface area contributed by atoms with E-state index in [1.54, 1.807) is 6.33 Å². The van der Waals surface area contributed by atoms with Gasteiger partial charge in [0.2, 0.25) is 0 Å². The first kappa shape index (κ1) is 13.1. The summed E-state index contributed by atoms with van der Waals surface area (Å²) in [4.78, 5) is 21.7. The summed E-state index contributed by atoms with van der Waals surface area (Å²) in [6.07, 6.45) is 5.80. The lowest BCUT2D eigenvalue weighted by molar-refractivity contribution is -0.141. The molecule has 1 aliphatic heterocycles. The molecule has 2 heterocycles. The summed E-state index contributed by atoms with van der Waals surface area (Å²) in [5.74, 6) is 1.45. The largest absolute Gasteiger partial charge is 0.481 e. The third-order valence-corrected chi connectivity index (χ3v) is 4.02. The van der Waals surface area contributed by atoms with Crippen molar-refractivity contribution in [1.82, 2.24) is 9.97 Å². The molecule has 2 fully saturated rings. The molecule has 1 saturated carbocycles. The van der Waals surface area contributed by atoms with Crippen LogP contribution in [0.25, 0.3) is 0 Å². The summed E-state index contributed by atoms with van der Waals surface area (Å²) >= 11 is 0. The van der Waals surface area contributed by atoms with Crippen LogP contribution in [-0.4, -0.2) is 40.7 Å². The predicted octanol–water partition coefficient (Wildman–Crippen LogP) is 1.60. The number of rotatable bonds is 5. The van der Waals surface area contributed by atoms with E-state index in [9.17, 15) is 4.79 Å². The molecule has 6 nitrogen and oxygen atoms in total. The van der Waals surface area contributed by atoms with Crippen molar-refractivity contribution in [3.63, 3.8) is 0 Å². The molecular weight excluding hydrogens is 256 g/mol. The fourth-order valence-corrected chi connectivity index (χ4v) is 2.57. The van der Waals surface area contributed by atoms with E-state index in [0.29, 0.717) is 6.54 Å². The highest BCUT2D eigenvalue weighted by Crippen LogP contribution is 2.29. The molecule has 1 aromatic rings. The summed E-state index contributed by atoms with van der Waals surface area (Å²) in [7, 11) is 0. The molecule has 0 bridgehead atoms. The number of carboxylic acids is 1. The van der Waals surface area contributed by atoms with Gasteiger partial charge in [-0.15, -0.1) is 0 Å². The standard InChI is InChI=1S/C14H20N4O2/c19-14(20)11-2-1-5-18(8-11)13-6-12(16-9-17-13)15-7-10-3-4-10/h6,9-11H,1-5,7-8H2,(H,19,20)(H,15,16,17). The van der Waals surface area contributed by atoms with Crippen molar-refractivity contribution in [1.29, 1.82) is 0 Å². The first-order valence-corrected chi connectivity index (χ1v) is 7.26. The SMILES string of the molecule is O=C(O)C1CCCN(c2cc(NCC3CC3)ncn2)C1. The van der Waals surface area contributed by atoms with Gasteiger partial charge in [-0.1, -0.05) is 0 Å². The number of carbonyl (C=O) groups is 1. The van der Waals surface area contributed by atoms with E-state index < -0.39 is 5.97 Å². The lowest BCUT2D eigenvalue weighted by Gasteiger charge is -2.31. The number of nitrogens with one attached hydrogen (secondary N) is 1. The second-order valence-corrected chi connectivity index (χ2v) is 5.71. The van der Waals surface area contributed by atoms with Gasteiger partial charge in [0.25, 0.3) is 0 Å². The van der Waals surface area contributed by atoms with Crippen molar-refractivity contribution in [3.8, 4) is 0 Å². The van der Waals surface area contributed by atoms with Crippen LogP contribution in [0.4, 0.5) is 11.6 Å². The Kier molecular flexibility index (Phi) is 3.71. The molecule has 1 saturated heterocycles. The first-order chi connectivity index (χ1) is 9.72. The maximum atomic E-state index is 11.1. The van der Waals surface area contributed by atoms with Crippen LogP contribution in [-0.2, 0) is 4.79 Å².